The molecule has 4 nitrogen and oxygen atoms in total. The van der Waals surface area contributed by atoms with E-state index in [1.807, 2.05) is 0 Å². The van der Waals surface area contributed by atoms with E-state index in [4.69, 9.17) is 0 Å². The number of hydrogen-bond donors (Lipinski definition) is 2. The molecule has 3 rings (SSSR count). The fraction of sp³-hybridized carbons (Fsp3) is 0.625. The summed E-state index contributed by atoms with van der Waals surface area (Å²) < 4.78 is 0. The summed E-state index contributed by atoms with van der Waals surface area (Å²) >= 11 is 1.60. The Hall–Kier alpha value is -1.38. The van der Waals surface area contributed by atoms with E-state index in [2.05, 4.69) is 11.4 Å². The molecular formula is C16H22N3OS+. The van der Waals surface area contributed by atoms with E-state index in [0.717, 1.165) is 37.4 Å². The lowest BCUT2D eigenvalue weighted by Crippen LogP contribution is -3.12. The number of anilines is 1. The Bertz CT molecular complexity index is 565. The molecule has 2 heterocycles. The maximum atomic E-state index is 12.3. The Balaban J connectivity index is 1.64. The van der Waals surface area contributed by atoms with Gasteiger partial charge >= 0.3 is 0 Å². The number of thiophene rings is 1. The minimum Gasteiger partial charge on any atom is -0.327 e. The largest absolute Gasteiger partial charge is 0.327 e. The van der Waals surface area contributed by atoms with Crippen LogP contribution in [0.5, 0.6) is 0 Å². The average molecular weight is 304 g/mol. The number of aryl methyl sites for hydroxylation is 1. The molecule has 1 fully saturated rings. The Labute approximate surface area is 129 Å². The monoisotopic (exact) mass is 304 g/mol. The van der Waals surface area contributed by atoms with Crippen molar-refractivity contribution in [1.29, 1.82) is 5.26 Å². The van der Waals surface area contributed by atoms with E-state index in [-0.39, 0.29) is 5.91 Å². The Morgan fingerprint density at radius 1 is 1.19 bits per heavy atom. The number of nitriles is 1. The van der Waals surface area contributed by atoms with Crippen molar-refractivity contribution < 1.29 is 9.69 Å². The number of rotatable bonds is 3. The van der Waals surface area contributed by atoms with Crippen LogP contribution in [0.15, 0.2) is 0 Å². The van der Waals surface area contributed by atoms with E-state index < -0.39 is 0 Å². The molecule has 1 aliphatic carbocycles. The predicted octanol–water partition coefficient (Wildman–Crippen LogP) is 1.51. The number of carbonyl (C=O) groups excluding carboxylic acids is 1. The van der Waals surface area contributed by atoms with Gasteiger partial charge in [-0.1, -0.05) is 0 Å². The fourth-order valence-corrected chi connectivity index (χ4v) is 4.67. The van der Waals surface area contributed by atoms with E-state index in [1.165, 1.54) is 41.0 Å². The normalized spacial score (nSPS) is 18.8. The van der Waals surface area contributed by atoms with Crippen LogP contribution in [0.3, 0.4) is 0 Å². The van der Waals surface area contributed by atoms with Crippen molar-refractivity contribution in [1.82, 2.24) is 0 Å². The van der Waals surface area contributed by atoms with Crippen molar-refractivity contribution >= 4 is 22.2 Å². The Morgan fingerprint density at radius 3 is 2.67 bits per heavy atom. The highest BCUT2D eigenvalue weighted by Gasteiger charge is 2.24. The maximum Gasteiger partial charge on any atom is 0.280 e. The van der Waals surface area contributed by atoms with Gasteiger partial charge in [-0.3, -0.25) is 4.79 Å². The third kappa shape index (κ3) is 3.28. The van der Waals surface area contributed by atoms with Crippen LogP contribution in [0.4, 0.5) is 5.00 Å². The molecule has 0 aromatic carbocycles. The summed E-state index contributed by atoms with van der Waals surface area (Å²) in [6, 6.07) is 2.28. The number of carbonyl (C=O) groups is 1. The molecular weight excluding hydrogens is 282 g/mol. The van der Waals surface area contributed by atoms with Crippen LogP contribution in [0.1, 0.15) is 48.1 Å². The van der Waals surface area contributed by atoms with Gasteiger partial charge in [0.05, 0.1) is 18.7 Å². The Morgan fingerprint density at radius 2 is 1.95 bits per heavy atom. The standard InChI is InChI=1S/C16H21N3OS/c17-10-13-12-6-5-7-14(12)21-16(13)18-15(20)11-19-8-3-1-2-4-9-19/h1-9,11H2,(H,18,20)/p+1. The molecule has 21 heavy (non-hydrogen) atoms. The SMILES string of the molecule is N#Cc1c(NC(=O)C[NH+]2CCCCCC2)sc2c1CCC2. The molecule has 5 heteroatoms. The van der Waals surface area contributed by atoms with Crippen LogP contribution >= 0.6 is 11.3 Å². The first kappa shape index (κ1) is 14.6. The van der Waals surface area contributed by atoms with Crippen molar-refractivity contribution in [2.75, 3.05) is 25.0 Å². The number of hydrogen-bond acceptors (Lipinski definition) is 3. The van der Waals surface area contributed by atoms with Crippen LogP contribution in [0, 0.1) is 11.3 Å². The zero-order valence-corrected chi connectivity index (χ0v) is 13.2. The first-order chi connectivity index (χ1) is 10.3. The quantitative estimate of drug-likeness (QED) is 0.889. The predicted molar refractivity (Wildman–Crippen MR) is 83.7 cm³/mol. The molecule has 0 atom stereocenters. The number of amides is 1. The van der Waals surface area contributed by atoms with Crippen molar-refractivity contribution in [3.63, 3.8) is 0 Å². The fourth-order valence-electron chi connectivity index (χ4n) is 3.41. The summed E-state index contributed by atoms with van der Waals surface area (Å²) in [5, 5.41) is 13.1. The zero-order valence-electron chi connectivity index (χ0n) is 12.3. The van der Waals surface area contributed by atoms with Gasteiger partial charge in [0.2, 0.25) is 0 Å². The molecule has 1 saturated heterocycles. The van der Waals surface area contributed by atoms with Crippen molar-refractivity contribution in [3.8, 4) is 6.07 Å². The van der Waals surface area contributed by atoms with Gasteiger partial charge in [0.25, 0.3) is 5.91 Å². The molecule has 0 saturated carbocycles. The number of quaternary nitrogens is 1. The second-order valence-electron chi connectivity index (χ2n) is 6.06. The Kier molecular flexibility index (Phi) is 4.57. The minimum absolute atomic E-state index is 0.0586. The van der Waals surface area contributed by atoms with Crippen LogP contribution in [-0.4, -0.2) is 25.5 Å². The van der Waals surface area contributed by atoms with E-state index in [1.54, 1.807) is 11.3 Å². The first-order valence-electron chi connectivity index (χ1n) is 7.96. The molecule has 0 unspecified atom stereocenters. The molecule has 1 amide bonds. The summed E-state index contributed by atoms with van der Waals surface area (Å²) in [4.78, 5) is 14.9. The van der Waals surface area contributed by atoms with Gasteiger partial charge in [0.15, 0.2) is 6.54 Å². The van der Waals surface area contributed by atoms with Crippen LogP contribution in [0.25, 0.3) is 0 Å². The second-order valence-corrected chi connectivity index (χ2v) is 7.17. The lowest BCUT2D eigenvalue weighted by atomic mass is 10.1. The topological polar surface area (TPSA) is 57.3 Å². The van der Waals surface area contributed by atoms with Crippen LogP contribution < -0.4 is 10.2 Å². The van der Waals surface area contributed by atoms with Gasteiger partial charge in [-0.25, -0.2) is 0 Å². The second kappa shape index (κ2) is 6.59. The molecule has 0 radical (unpaired) electrons. The molecule has 0 spiro atoms. The van der Waals surface area contributed by atoms with Crippen molar-refractivity contribution in [2.24, 2.45) is 0 Å². The lowest BCUT2D eigenvalue weighted by molar-refractivity contribution is -0.890. The molecule has 1 aromatic heterocycles. The highest BCUT2D eigenvalue weighted by molar-refractivity contribution is 7.16. The number of likely N-dealkylation sites (tertiary alicyclic amines) is 1. The van der Waals surface area contributed by atoms with E-state index in [9.17, 15) is 10.1 Å². The van der Waals surface area contributed by atoms with Gasteiger partial charge in [-0.2, -0.15) is 5.26 Å². The van der Waals surface area contributed by atoms with Crippen molar-refractivity contribution in [2.45, 2.75) is 44.9 Å². The average Bonchev–Trinajstić information content (AvgIpc) is 2.92. The minimum atomic E-state index is 0.0586. The third-order valence-electron chi connectivity index (χ3n) is 4.51. The number of nitrogens with one attached hydrogen (secondary N) is 2. The lowest BCUT2D eigenvalue weighted by Gasteiger charge is -2.16. The van der Waals surface area contributed by atoms with Gasteiger partial charge in [0.1, 0.15) is 11.1 Å². The van der Waals surface area contributed by atoms with Crippen LogP contribution in [-0.2, 0) is 17.6 Å². The smallest absolute Gasteiger partial charge is 0.280 e. The summed E-state index contributed by atoms with van der Waals surface area (Å²) in [6.07, 6.45) is 8.22. The number of fused-ring (bicyclic) bond motifs is 1. The van der Waals surface area contributed by atoms with E-state index >= 15 is 0 Å². The molecule has 2 N–H and O–H groups in total. The molecule has 1 aromatic rings. The molecule has 0 bridgehead atoms. The van der Waals surface area contributed by atoms with Crippen LogP contribution in [0.2, 0.25) is 0 Å². The summed E-state index contributed by atoms with van der Waals surface area (Å²) in [5.74, 6) is 0.0586. The maximum absolute atomic E-state index is 12.3. The van der Waals surface area contributed by atoms with Gasteiger partial charge in [-0.15, -0.1) is 11.3 Å². The highest BCUT2D eigenvalue weighted by atomic mass is 32.1. The summed E-state index contributed by atoms with van der Waals surface area (Å²) in [7, 11) is 0. The third-order valence-corrected chi connectivity index (χ3v) is 5.71. The van der Waals surface area contributed by atoms with Gasteiger partial charge < -0.3 is 10.2 Å². The molecule has 112 valence electrons. The summed E-state index contributed by atoms with van der Waals surface area (Å²) in [5.41, 5.74) is 1.90. The van der Waals surface area contributed by atoms with Gasteiger partial charge in [-0.05, 0) is 50.5 Å². The number of nitrogens with zero attached hydrogens (tertiary/aromatic N) is 1. The zero-order chi connectivity index (χ0) is 14.7. The highest BCUT2D eigenvalue weighted by Crippen LogP contribution is 2.38. The van der Waals surface area contributed by atoms with E-state index in [0.29, 0.717) is 12.1 Å². The summed E-state index contributed by atoms with van der Waals surface area (Å²) in [6.45, 7) is 2.73. The van der Waals surface area contributed by atoms with Crippen molar-refractivity contribution in [3.05, 3.63) is 16.0 Å². The van der Waals surface area contributed by atoms with Gasteiger partial charge in [0, 0.05) is 4.88 Å². The first-order valence-corrected chi connectivity index (χ1v) is 8.77. The molecule has 2 aliphatic rings. The molecule has 1 aliphatic heterocycles.